The van der Waals surface area contributed by atoms with Crippen LogP contribution in [0.4, 0.5) is 10.1 Å². The molecule has 1 atom stereocenters. The summed E-state index contributed by atoms with van der Waals surface area (Å²) in [4.78, 5) is 9.18. The molecule has 0 saturated heterocycles. The van der Waals surface area contributed by atoms with E-state index < -0.39 is 37.4 Å². The molecule has 10 heteroatoms. The number of aliphatic hydroxyl groups is 1. The van der Waals surface area contributed by atoms with E-state index in [-0.39, 0.29) is 19.6 Å². The molecule has 1 unspecified atom stereocenters. The molecule has 0 aliphatic carbocycles. The number of nitrogens with zero attached hydrogens (tertiary/aromatic N) is 1. The number of rotatable bonds is 8. The maximum Gasteiger partial charge on any atom is 0.306 e. The van der Waals surface area contributed by atoms with E-state index in [0.717, 1.165) is 6.07 Å². The highest BCUT2D eigenvalue weighted by Gasteiger charge is 2.24. The Kier molecular flexibility index (Phi) is 6.15. The van der Waals surface area contributed by atoms with Crippen LogP contribution in [0.1, 0.15) is 6.42 Å². The third-order valence-corrected chi connectivity index (χ3v) is 4.11. The fraction of sp³-hybridized carbons (Fsp3) is 0.455. The lowest BCUT2D eigenvalue weighted by Gasteiger charge is -2.16. The molecule has 0 aliphatic heterocycles. The van der Waals surface area contributed by atoms with Gasteiger partial charge >= 0.3 is 5.69 Å². The van der Waals surface area contributed by atoms with Gasteiger partial charge in [-0.3, -0.25) is 10.1 Å². The fourth-order valence-corrected chi connectivity index (χ4v) is 2.90. The third kappa shape index (κ3) is 4.70. The van der Waals surface area contributed by atoms with Crippen molar-refractivity contribution in [3.63, 3.8) is 0 Å². The van der Waals surface area contributed by atoms with Crippen LogP contribution in [0, 0.1) is 15.9 Å². The van der Waals surface area contributed by atoms with Crippen molar-refractivity contribution in [3.8, 4) is 0 Å². The minimum absolute atomic E-state index is 0.0169. The topological polar surface area (TPSA) is 119 Å². The van der Waals surface area contributed by atoms with Crippen LogP contribution in [0.3, 0.4) is 0 Å². The molecule has 21 heavy (non-hydrogen) atoms. The minimum Gasteiger partial charge on any atom is -0.396 e. The molecule has 8 nitrogen and oxygen atoms in total. The number of ether oxygens (including phenoxy) is 1. The van der Waals surface area contributed by atoms with Crippen LogP contribution in [0.2, 0.25) is 0 Å². The first-order chi connectivity index (χ1) is 9.81. The molecule has 0 amide bonds. The second-order valence-corrected chi connectivity index (χ2v) is 5.87. The minimum atomic E-state index is -4.09. The Balaban J connectivity index is 3.07. The molecule has 0 spiro atoms. The Bertz CT molecular complexity index is 601. The normalized spacial score (nSPS) is 13.1. The van der Waals surface area contributed by atoms with E-state index in [2.05, 4.69) is 4.72 Å². The number of nitro groups is 1. The molecular weight excluding hydrogens is 307 g/mol. The van der Waals surface area contributed by atoms with Crippen molar-refractivity contribution in [1.82, 2.24) is 4.72 Å². The summed E-state index contributed by atoms with van der Waals surface area (Å²) in [7, 11) is -2.73. The predicted molar refractivity (Wildman–Crippen MR) is 70.7 cm³/mol. The van der Waals surface area contributed by atoms with Gasteiger partial charge in [0, 0.05) is 25.8 Å². The van der Waals surface area contributed by atoms with E-state index in [1.165, 1.54) is 7.11 Å². The van der Waals surface area contributed by atoms with Crippen molar-refractivity contribution in [2.24, 2.45) is 0 Å². The molecule has 0 heterocycles. The molecule has 118 valence electrons. The fourth-order valence-electron chi connectivity index (χ4n) is 1.62. The van der Waals surface area contributed by atoms with Gasteiger partial charge in [-0.2, -0.15) is 4.39 Å². The highest BCUT2D eigenvalue weighted by atomic mass is 32.2. The highest BCUT2D eigenvalue weighted by Crippen LogP contribution is 2.21. The summed E-state index contributed by atoms with van der Waals surface area (Å²) in [5, 5.41) is 19.5. The number of methoxy groups -OCH3 is 1. The molecule has 2 N–H and O–H groups in total. The van der Waals surface area contributed by atoms with Crippen molar-refractivity contribution in [2.45, 2.75) is 17.4 Å². The molecule has 1 aromatic carbocycles. The van der Waals surface area contributed by atoms with Crippen LogP contribution in [0.25, 0.3) is 0 Å². The average molecular weight is 322 g/mol. The van der Waals surface area contributed by atoms with E-state index in [0.29, 0.717) is 12.1 Å². The van der Waals surface area contributed by atoms with Gasteiger partial charge in [-0.1, -0.05) is 0 Å². The summed E-state index contributed by atoms with van der Waals surface area (Å²) < 4.78 is 44.4. The summed E-state index contributed by atoms with van der Waals surface area (Å²) in [6.07, 6.45) is 0.107. The van der Waals surface area contributed by atoms with E-state index in [9.17, 15) is 22.9 Å². The lowest BCUT2D eigenvalue weighted by molar-refractivity contribution is -0.387. The van der Waals surface area contributed by atoms with Gasteiger partial charge < -0.3 is 9.84 Å². The lowest BCUT2D eigenvalue weighted by atomic mass is 10.2. The van der Waals surface area contributed by atoms with Gasteiger partial charge in [0.2, 0.25) is 15.8 Å². The van der Waals surface area contributed by atoms with Gasteiger partial charge in [-0.05, 0) is 18.6 Å². The second-order valence-electron chi connectivity index (χ2n) is 4.16. The number of benzene rings is 1. The Hall–Kier alpha value is -1.62. The predicted octanol–water partition coefficient (Wildman–Crippen LogP) is 0.410. The first kappa shape index (κ1) is 17.4. The zero-order chi connectivity index (χ0) is 16.0. The van der Waals surface area contributed by atoms with Crippen LogP contribution in [-0.4, -0.2) is 44.8 Å². The zero-order valence-corrected chi connectivity index (χ0v) is 12.0. The number of sulfonamides is 1. The van der Waals surface area contributed by atoms with Crippen LogP contribution in [0.15, 0.2) is 23.1 Å². The van der Waals surface area contributed by atoms with Crippen molar-refractivity contribution >= 4 is 15.7 Å². The van der Waals surface area contributed by atoms with Crippen LogP contribution in [-0.2, 0) is 14.8 Å². The maximum absolute atomic E-state index is 13.2. The Labute approximate surface area is 120 Å². The number of halogens is 1. The number of nitrogens with one attached hydrogen (secondary N) is 1. The molecule has 1 aromatic rings. The van der Waals surface area contributed by atoms with E-state index >= 15 is 0 Å². The molecule has 0 aliphatic rings. The summed E-state index contributed by atoms with van der Waals surface area (Å²) in [5.41, 5.74) is -0.927. The van der Waals surface area contributed by atoms with Crippen molar-refractivity contribution in [2.75, 3.05) is 20.3 Å². The molecule has 0 radical (unpaired) electrons. The first-order valence-corrected chi connectivity index (χ1v) is 7.36. The highest BCUT2D eigenvalue weighted by molar-refractivity contribution is 7.89. The van der Waals surface area contributed by atoms with Crippen molar-refractivity contribution in [1.29, 1.82) is 0 Å². The van der Waals surface area contributed by atoms with E-state index in [1.54, 1.807) is 0 Å². The van der Waals surface area contributed by atoms with Gasteiger partial charge in [0.05, 0.1) is 16.4 Å². The molecule has 0 fully saturated rings. The van der Waals surface area contributed by atoms with Gasteiger partial charge in [0.15, 0.2) is 0 Å². The third-order valence-electron chi connectivity index (χ3n) is 2.59. The van der Waals surface area contributed by atoms with Crippen LogP contribution < -0.4 is 4.72 Å². The Morgan fingerprint density at radius 3 is 2.71 bits per heavy atom. The number of hydrogen-bond acceptors (Lipinski definition) is 6. The summed E-state index contributed by atoms with van der Waals surface area (Å²) in [6.45, 7) is -0.247. The van der Waals surface area contributed by atoms with Crippen LogP contribution in [0.5, 0.6) is 0 Å². The number of hydrogen-bond donors (Lipinski definition) is 2. The zero-order valence-electron chi connectivity index (χ0n) is 11.2. The lowest BCUT2D eigenvalue weighted by Crippen LogP contribution is -2.38. The summed E-state index contributed by atoms with van der Waals surface area (Å²) >= 11 is 0. The van der Waals surface area contributed by atoms with Gasteiger partial charge in [-0.15, -0.1) is 0 Å². The molecule has 0 aromatic heterocycles. The Morgan fingerprint density at radius 2 is 2.19 bits per heavy atom. The summed E-state index contributed by atoms with van der Waals surface area (Å²) in [6, 6.07) is 1.58. The van der Waals surface area contributed by atoms with Gasteiger partial charge in [-0.25, -0.2) is 13.1 Å². The largest absolute Gasteiger partial charge is 0.396 e. The molecule has 1 rings (SSSR count). The van der Waals surface area contributed by atoms with Gasteiger partial charge in [0.25, 0.3) is 0 Å². The maximum atomic E-state index is 13.2. The number of nitro benzene ring substituents is 1. The van der Waals surface area contributed by atoms with Crippen molar-refractivity contribution < 1.29 is 27.6 Å². The quantitative estimate of drug-likeness (QED) is 0.528. The second kappa shape index (κ2) is 7.41. The molecule has 0 bridgehead atoms. The monoisotopic (exact) mass is 322 g/mol. The average Bonchev–Trinajstić information content (AvgIpc) is 2.38. The molecule has 0 saturated carbocycles. The van der Waals surface area contributed by atoms with Crippen LogP contribution >= 0.6 is 0 Å². The SMILES string of the molecule is COCC(CCO)NS(=O)(=O)c1ccc(F)c([N+](=O)[O-])c1. The Morgan fingerprint density at radius 1 is 1.52 bits per heavy atom. The van der Waals surface area contributed by atoms with E-state index in [4.69, 9.17) is 9.84 Å². The number of aliphatic hydroxyl groups excluding tert-OH is 1. The smallest absolute Gasteiger partial charge is 0.306 e. The van der Waals surface area contributed by atoms with Gasteiger partial charge in [0.1, 0.15) is 0 Å². The van der Waals surface area contributed by atoms with Crippen molar-refractivity contribution in [3.05, 3.63) is 34.1 Å². The van der Waals surface area contributed by atoms with E-state index in [1.807, 2.05) is 0 Å². The molecular formula is C11H15FN2O6S. The summed E-state index contributed by atoms with van der Waals surface area (Å²) in [5.74, 6) is -1.12. The standard InChI is InChI=1S/C11H15FN2O6S/c1-20-7-8(4-5-15)13-21(18,19)9-2-3-10(12)11(6-9)14(16)17/h2-3,6,8,13,15H,4-5,7H2,1H3. The first-order valence-electron chi connectivity index (χ1n) is 5.88.